The molecule has 8 heteroatoms. The Bertz CT molecular complexity index is 1010. The van der Waals surface area contributed by atoms with Crippen molar-refractivity contribution >= 4 is 12.2 Å². The number of carbonyl (C=O) groups excluding carboxylic acids is 2. The van der Waals surface area contributed by atoms with Crippen LogP contribution in [-0.4, -0.2) is 53.3 Å². The van der Waals surface area contributed by atoms with E-state index in [0.717, 1.165) is 36.2 Å². The number of nitrogens with zero attached hydrogens (tertiary/aromatic N) is 2. The van der Waals surface area contributed by atoms with Crippen molar-refractivity contribution in [2.24, 2.45) is 0 Å². The molecule has 2 heterocycles. The van der Waals surface area contributed by atoms with Crippen LogP contribution in [0.3, 0.4) is 0 Å². The Morgan fingerprint density at radius 3 is 2.76 bits per heavy atom. The van der Waals surface area contributed by atoms with Crippen LogP contribution in [0.2, 0.25) is 0 Å². The molecule has 2 amide bonds. The van der Waals surface area contributed by atoms with Crippen LogP contribution in [0, 0.1) is 0 Å². The van der Waals surface area contributed by atoms with Gasteiger partial charge in [-0.15, -0.1) is 0 Å². The lowest BCUT2D eigenvalue weighted by atomic mass is 9.88. The lowest BCUT2D eigenvalue weighted by Crippen LogP contribution is -2.50. The predicted octanol–water partition coefficient (Wildman–Crippen LogP) is 3.75. The van der Waals surface area contributed by atoms with Crippen LogP contribution in [0.15, 0.2) is 42.6 Å². The van der Waals surface area contributed by atoms with Crippen LogP contribution in [0.5, 0.6) is 0 Å². The fourth-order valence-corrected chi connectivity index (χ4v) is 4.40. The highest BCUT2D eigenvalue weighted by molar-refractivity contribution is 5.69. The van der Waals surface area contributed by atoms with Gasteiger partial charge in [-0.25, -0.2) is 9.59 Å². The van der Waals surface area contributed by atoms with Crippen molar-refractivity contribution in [3.8, 4) is 0 Å². The minimum Gasteiger partial charge on any atom is -0.445 e. The second kappa shape index (κ2) is 10.4. The number of amides is 2. The van der Waals surface area contributed by atoms with E-state index in [4.69, 9.17) is 14.5 Å². The molecule has 1 aromatic carbocycles. The third kappa shape index (κ3) is 6.26. The van der Waals surface area contributed by atoms with Crippen LogP contribution in [0.4, 0.5) is 9.59 Å². The fourth-order valence-electron chi connectivity index (χ4n) is 4.40. The largest absolute Gasteiger partial charge is 0.445 e. The first-order chi connectivity index (χ1) is 16.3. The maximum atomic E-state index is 12.8. The van der Waals surface area contributed by atoms with E-state index in [1.807, 2.05) is 57.3 Å². The molecule has 4 rings (SSSR count). The lowest BCUT2D eigenvalue weighted by molar-refractivity contribution is 0.0113. The van der Waals surface area contributed by atoms with Gasteiger partial charge in [0.15, 0.2) is 0 Å². The molecule has 0 bridgehead atoms. The van der Waals surface area contributed by atoms with Crippen molar-refractivity contribution in [2.75, 3.05) is 19.6 Å². The maximum absolute atomic E-state index is 12.8. The van der Waals surface area contributed by atoms with Crippen LogP contribution in [0.1, 0.15) is 55.6 Å². The molecule has 2 aromatic rings. The Kier molecular flexibility index (Phi) is 7.36. The summed E-state index contributed by atoms with van der Waals surface area (Å²) in [4.78, 5) is 31.5. The summed E-state index contributed by atoms with van der Waals surface area (Å²) in [5.74, 6) is 0. The fraction of sp³-hybridized carbons (Fsp3) is 0.500. The van der Waals surface area contributed by atoms with Gasteiger partial charge in [-0.2, -0.15) is 0 Å². The van der Waals surface area contributed by atoms with Crippen LogP contribution in [-0.2, 0) is 28.9 Å². The quantitative estimate of drug-likeness (QED) is 0.713. The van der Waals surface area contributed by atoms with Crippen molar-refractivity contribution in [1.82, 2.24) is 20.5 Å². The van der Waals surface area contributed by atoms with E-state index in [1.165, 1.54) is 5.56 Å². The lowest BCUT2D eigenvalue weighted by Gasteiger charge is -2.37. The Morgan fingerprint density at radius 2 is 2.00 bits per heavy atom. The zero-order valence-corrected chi connectivity index (χ0v) is 20.2. The summed E-state index contributed by atoms with van der Waals surface area (Å²) in [6.45, 7) is 7.83. The SMILES string of the molecule is CC(C)(C)OC(=O)N1CCNCC1c1cc2c(cn1)CC(NC(=O)OCc1ccccc1)CC2. The number of alkyl carbamates (subject to hydrolysis) is 1. The minimum absolute atomic E-state index is 0.0121. The number of aromatic nitrogens is 1. The van der Waals surface area contributed by atoms with Crippen molar-refractivity contribution < 1.29 is 19.1 Å². The molecule has 182 valence electrons. The van der Waals surface area contributed by atoms with E-state index >= 15 is 0 Å². The Morgan fingerprint density at radius 1 is 1.21 bits per heavy atom. The number of pyridine rings is 1. The first kappa shape index (κ1) is 24.0. The number of carbonyl (C=O) groups is 2. The first-order valence-corrected chi connectivity index (χ1v) is 11.9. The molecule has 1 saturated heterocycles. The molecule has 0 saturated carbocycles. The van der Waals surface area contributed by atoms with Crippen molar-refractivity contribution in [3.05, 3.63) is 65.0 Å². The Balaban J connectivity index is 1.36. The van der Waals surface area contributed by atoms with Gasteiger partial charge in [-0.3, -0.25) is 9.88 Å². The number of ether oxygens (including phenoxy) is 2. The predicted molar refractivity (Wildman–Crippen MR) is 128 cm³/mol. The first-order valence-electron chi connectivity index (χ1n) is 11.9. The van der Waals surface area contributed by atoms with Crippen LogP contribution >= 0.6 is 0 Å². The smallest absolute Gasteiger partial charge is 0.410 e. The zero-order valence-electron chi connectivity index (χ0n) is 20.2. The number of hydrogen-bond acceptors (Lipinski definition) is 6. The van der Waals surface area contributed by atoms with Gasteiger partial charge < -0.3 is 20.1 Å². The molecule has 1 fully saturated rings. The van der Waals surface area contributed by atoms with E-state index in [2.05, 4.69) is 16.7 Å². The molecule has 2 unspecified atom stereocenters. The van der Waals surface area contributed by atoms with Crippen molar-refractivity contribution in [2.45, 2.75) is 64.3 Å². The monoisotopic (exact) mass is 466 g/mol. The Hall–Kier alpha value is -3.13. The van der Waals surface area contributed by atoms with Gasteiger partial charge in [0.1, 0.15) is 12.2 Å². The molecule has 0 radical (unpaired) electrons. The molecule has 2 N–H and O–H groups in total. The molecule has 1 aliphatic carbocycles. The van der Waals surface area contributed by atoms with Crippen molar-refractivity contribution in [3.63, 3.8) is 0 Å². The molecule has 1 aromatic heterocycles. The molecule has 2 atom stereocenters. The average molecular weight is 467 g/mol. The Labute approximate surface area is 201 Å². The van der Waals surface area contributed by atoms with Gasteiger partial charge >= 0.3 is 12.2 Å². The second-order valence-corrected chi connectivity index (χ2v) is 9.92. The summed E-state index contributed by atoms with van der Waals surface area (Å²) in [5, 5.41) is 6.35. The number of nitrogens with one attached hydrogen (secondary N) is 2. The third-order valence-corrected chi connectivity index (χ3v) is 6.08. The molecule has 1 aliphatic heterocycles. The van der Waals surface area contributed by atoms with E-state index in [-0.39, 0.29) is 24.8 Å². The second-order valence-electron chi connectivity index (χ2n) is 9.92. The van der Waals surface area contributed by atoms with Crippen molar-refractivity contribution in [1.29, 1.82) is 0 Å². The number of benzene rings is 1. The molecule has 0 spiro atoms. The minimum atomic E-state index is -0.542. The summed E-state index contributed by atoms with van der Waals surface area (Å²) in [7, 11) is 0. The number of fused-ring (bicyclic) bond motifs is 1. The van der Waals surface area contributed by atoms with E-state index in [9.17, 15) is 9.59 Å². The van der Waals surface area contributed by atoms with Gasteiger partial charge in [-0.05, 0) is 62.8 Å². The van der Waals surface area contributed by atoms with Gasteiger partial charge in [0, 0.05) is 31.9 Å². The summed E-state index contributed by atoms with van der Waals surface area (Å²) in [6, 6.07) is 11.6. The number of piperazine rings is 1. The topological polar surface area (TPSA) is 92.8 Å². The summed E-state index contributed by atoms with van der Waals surface area (Å²) in [6.07, 6.45) is 3.55. The number of hydrogen-bond donors (Lipinski definition) is 2. The third-order valence-electron chi connectivity index (χ3n) is 6.08. The van der Waals surface area contributed by atoms with E-state index in [1.54, 1.807) is 4.90 Å². The molecule has 34 heavy (non-hydrogen) atoms. The summed E-state index contributed by atoms with van der Waals surface area (Å²) < 4.78 is 11.0. The van der Waals surface area contributed by atoms with Crippen LogP contribution < -0.4 is 10.6 Å². The maximum Gasteiger partial charge on any atom is 0.410 e. The molecule has 8 nitrogen and oxygen atoms in total. The molecular weight excluding hydrogens is 432 g/mol. The van der Waals surface area contributed by atoms with Crippen LogP contribution in [0.25, 0.3) is 0 Å². The summed E-state index contributed by atoms with van der Waals surface area (Å²) >= 11 is 0. The normalized spacial score (nSPS) is 20.3. The van der Waals surface area contributed by atoms with Gasteiger partial charge in [-0.1, -0.05) is 30.3 Å². The van der Waals surface area contributed by atoms with Gasteiger partial charge in [0.25, 0.3) is 0 Å². The van der Waals surface area contributed by atoms with Gasteiger partial charge in [0.2, 0.25) is 0 Å². The van der Waals surface area contributed by atoms with Gasteiger partial charge in [0.05, 0.1) is 11.7 Å². The highest BCUT2D eigenvalue weighted by Crippen LogP contribution is 2.28. The zero-order chi connectivity index (χ0) is 24.1. The standard InChI is InChI=1S/C26H34N4O4/c1-26(2,3)34-25(32)30-12-11-27-16-23(30)22-14-19-9-10-21(13-20(19)15-28-22)29-24(31)33-17-18-7-5-4-6-8-18/h4-8,14-15,21,23,27H,9-13,16-17H2,1-3H3,(H,29,31). The van der Waals surface area contributed by atoms with E-state index in [0.29, 0.717) is 19.5 Å². The summed E-state index contributed by atoms with van der Waals surface area (Å²) in [5.41, 5.74) is 3.62. The average Bonchev–Trinajstić information content (AvgIpc) is 2.82. The number of aryl methyl sites for hydroxylation is 1. The highest BCUT2D eigenvalue weighted by Gasteiger charge is 2.33. The molecule has 2 aliphatic rings. The van der Waals surface area contributed by atoms with E-state index < -0.39 is 11.7 Å². The highest BCUT2D eigenvalue weighted by atomic mass is 16.6. The number of rotatable bonds is 4. The molecular formula is C26H34N4O4.